The molecule has 0 saturated carbocycles. The van der Waals surface area contributed by atoms with Crippen LogP contribution in [0.25, 0.3) is 0 Å². The van der Waals surface area contributed by atoms with E-state index in [1.807, 2.05) is 0 Å². The fraction of sp³-hybridized carbons (Fsp3) is 1.00. The summed E-state index contributed by atoms with van der Waals surface area (Å²) in [5, 5.41) is 0. The van der Waals surface area contributed by atoms with Crippen LogP contribution in [0.15, 0.2) is 0 Å². The van der Waals surface area contributed by atoms with E-state index in [1.54, 1.807) is 0 Å². The van der Waals surface area contributed by atoms with Gasteiger partial charge in [-0.3, -0.25) is 9.80 Å². The highest BCUT2D eigenvalue weighted by atomic mass is 16.5. The lowest BCUT2D eigenvalue weighted by molar-refractivity contribution is -0.0304. The molecule has 0 aromatic heterocycles. The third-order valence-electron chi connectivity index (χ3n) is 2.71. The second-order valence-electron chi connectivity index (χ2n) is 4.70. The Kier molecular flexibility index (Phi) is 12.3. The van der Waals surface area contributed by atoms with Crippen molar-refractivity contribution in [2.45, 2.75) is 53.4 Å². The first-order valence-electron chi connectivity index (χ1n) is 7.30. The second kappa shape index (κ2) is 12.3. The smallest absolute Gasteiger partial charge is 0.101 e. The molecule has 0 aliphatic heterocycles. The minimum absolute atomic E-state index is 0.783. The molecular weight excluding hydrogens is 212 g/mol. The zero-order valence-electron chi connectivity index (χ0n) is 12.4. The summed E-state index contributed by atoms with van der Waals surface area (Å²) in [5.74, 6) is 0. The first-order chi connectivity index (χ1) is 8.28. The fourth-order valence-electron chi connectivity index (χ4n) is 2.05. The number of hydrogen-bond acceptors (Lipinski definition) is 3. The van der Waals surface area contributed by atoms with Crippen molar-refractivity contribution >= 4 is 0 Å². The summed E-state index contributed by atoms with van der Waals surface area (Å²) in [7, 11) is 0. The van der Waals surface area contributed by atoms with Crippen molar-refractivity contribution in [3.05, 3.63) is 0 Å². The monoisotopic (exact) mass is 244 g/mol. The van der Waals surface area contributed by atoms with Gasteiger partial charge in [0.1, 0.15) is 13.5 Å². The molecule has 0 heterocycles. The molecule has 0 fully saturated rings. The molecule has 17 heavy (non-hydrogen) atoms. The summed E-state index contributed by atoms with van der Waals surface area (Å²) in [4.78, 5) is 4.80. The van der Waals surface area contributed by atoms with Crippen molar-refractivity contribution in [3.63, 3.8) is 0 Å². The molecule has 0 aromatic carbocycles. The Hall–Kier alpha value is -0.120. The molecule has 0 bridgehead atoms. The molecule has 0 spiro atoms. The predicted molar refractivity (Wildman–Crippen MR) is 75.1 cm³/mol. The Morgan fingerprint density at radius 1 is 0.588 bits per heavy atom. The van der Waals surface area contributed by atoms with E-state index in [4.69, 9.17) is 4.74 Å². The SMILES string of the molecule is CCCN(CCC)COCN(CCC)CCC. The lowest BCUT2D eigenvalue weighted by Gasteiger charge is -2.25. The first-order valence-corrected chi connectivity index (χ1v) is 7.30. The van der Waals surface area contributed by atoms with Crippen molar-refractivity contribution in [1.82, 2.24) is 9.80 Å². The van der Waals surface area contributed by atoms with Gasteiger partial charge in [0, 0.05) is 26.2 Å². The lowest BCUT2D eigenvalue weighted by Crippen LogP contribution is -2.33. The number of hydrogen-bond donors (Lipinski definition) is 0. The largest absolute Gasteiger partial charge is 0.351 e. The molecule has 3 nitrogen and oxygen atoms in total. The molecule has 0 radical (unpaired) electrons. The van der Waals surface area contributed by atoms with E-state index in [0.717, 1.165) is 39.6 Å². The summed E-state index contributed by atoms with van der Waals surface area (Å²) in [6.07, 6.45) is 4.82. The Bertz CT molecular complexity index is 125. The van der Waals surface area contributed by atoms with Crippen LogP contribution in [-0.2, 0) is 4.74 Å². The van der Waals surface area contributed by atoms with E-state index in [2.05, 4.69) is 37.5 Å². The van der Waals surface area contributed by atoms with E-state index in [0.29, 0.717) is 0 Å². The van der Waals surface area contributed by atoms with Gasteiger partial charge in [0.15, 0.2) is 0 Å². The Morgan fingerprint density at radius 3 is 1.12 bits per heavy atom. The predicted octanol–water partition coefficient (Wildman–Crippen LogP) is 3.16. The van der Waals surface area contributed by atoms with Crippen LogP contribution in [0.4, 0.5) is 0 Å². The molecule has 0 aliphatic rings. The minimum atomic E-state index is 0.783. The minimum Gasteiger partial charge on any atom is -0.351 e. The van der Waals surface area contributed by atoms with Crippen molar-refractivity contribution in [1.29, 1.82) is 0 Å². The quantitative estimate of drug-likeness (QED) is 0.490. The van der Waals surface area contributed by atoms with Crippen LogP contribution >= 0.6 is 0 Å². The van der Waals surface area contributed by atoms with Crippen molar-refractivity contribution in [2.24, 2.45) is 0 Å². The average molecular weight is 244 g/mol. The van der Waals surface area contributed by atoms with Gasteiger partial charge in [0.05, 0.1) is 0 Å². The van der Waals surface area contributed by atoms with E-state index in [-0.39, 0.29) is 0 Å². The van der Waals surface area contributed by atoms with Gasteiger partial charge in [0.2, 0.25) is 0 Å². The number of rotatable bonds is 12. The molecular formula is C14H32N2O. The topological polar surface area (TPSA) is 15.7 Å². The molecule has 0 N–H and O–H groups in total. The normalized spacial score (nSPS) is 11.6. The second-order valence-corrected chi connectivity index (χ2v) is 4.70. The number of ether oxygens (including phenoxy) is 1. The van der Waals surface area contributed by atoms with Crippen LogP contribution in [-0.4, -0.2) is 49.4 Å². The molecule has 0 aliphatic carbocycles. The third kappa shape index (κ3) is 9.57. The van der Waals surface area contributed by atoms with Crippen LogP contribution in [0.5, 0.6) is 0 Å². The van der Waals surface area contributed by atoms with Gasteiger partial charge in [-0.25, -0.2) is 0 Å². The van der Waals surface area contributed by atoms with E-state index in [9.17, 15) is 0 Å². The molecule has 0 rings (SSSR count). The Morgan fingerprint density at radius 2 is 0.882 bits per heavy atom. The van der Waals surface area contributed by atoms with Gasteiger partial charge in [-0.05, 0) is 25.7 Å². The highest BCUT2D eigenvalue weighted by Gasteiger charge is 2.05. The van der Waals surface area contributed by atoms with Crippen LogP contribution in [0.1, 0.15) is 53.4 Å². The van der Waals surface area contributed by atoms with Crippen molar-refractivity contribution < 1.29 is 4.74 Å². The first kappa shape index (κ1) is 16.9. The van der Waals surface area contributed by atoms with E-state index >= 15 is 0 Å². The number of nitrogens with zero attached hydrogens (tertiary/aromatic N) is 2. The van der Waals surface area contributed by atoms with Crippen LogP contribution in [0.3, 0.4) is 0 Å². The zero-order chi connectivity index (χ0) is 12.9. The zero-order valence-corrected chi connectivity index (χ0v) is 12.4. The summed E-state index contributed by atoms with van der Waals surface area (Å²) in [6, 6.07) is 0. The van der Waals surface area contributed by atoms with Crippen LogP contribution in [0, 0.1) is 0 Å². The highest BCUT2D eigenvalue weighted by molar-refractivity contribution is 4.52. The summed E-state index contributed by atoms with van der Waals surface area (Å²) in [5.41, 5.74) is 0. The van der Waals surface area contributed by atoms with Gasteiger partial charge in [0.25, 0.3) is 0 Å². The molecule has 0 unspecified atom stereocenters. The molecule has 104 valence electrons. The average Bonchev–Trinajstić information content (AvgIpc) is 2.30. The highest BCUT2D eigenvalue weighted by Crippen LogP contribution is 1.98. The van der Waals surface area contributed by atoms with Gasteiger partial charge in [-0.15, -0.1) is 0 Å². The van der Waals surface area contributed by atoms with Gasteiger partial charge >= 0.3 is 0 Å². The molecule has 0 saturated heterocycles. The lowest BCUT2D eigenvalue weighted by atomic mass is 10.4. The maximum atomic E-state index is 5.82. The van der Waals surface area contributed by atoms with E-state index in [1.165, 1.54) is 25.7 Å². The fourth-order valence-corrected chi connectivity index (χ4v) is 2.05. The standard InChI is InChI=1S/C14H32N2O/c1-5-9-15(10-6-2)13-17-14-16(11-7-3)12-8-4/h5-14H2,1-4H3. The Balaban J connectivity index is 3.73. The molecule has 0 aromatic rings. The Labute approximate surface area is 108 Å². The van der Waals surface area contributed by atoms with E-state index < -0.39 is 0 Å². The summed E-state index contributed by atoms with van der Waals surface area (Å²) >= 11 is 0. The van der Waals surface area contributed by atoms with Crippen molar-refractivity contribution in [2.75, 3.05) is 39.6 Å². The maximum absolute atomic E-state index is 5.82. The van der Waals surface area contributed by atoms with Crippen LogP contribution in [0.2, 0.25) is 0 Å². The third-order valence-corrected chi connectivity index (χ3v) is 2.71. The van der Waals surface area contributed by atoms with Crippen LogP contribution < -0.4 is 0 Å². The molecule has 0 atom stereocenters. The maximum Gasteiger partial charge on any atom is 0.101 e. The van der Waals surface area contributed by atoms with Gasteiger partial charge < -0.3 is 4.74 Å². The molecule has 0 amide bonds. The summed E-state index contributed by atoms with van der Waals surface area (Å²) in [6.45, 7) is 15.1. The van der Waals surface area contributed by atoms with Gasteiger partial charge in [-0.1, -0.05) is 27.7 Å². The van der Waals surface area contributed by atoms with Crippen molar-refractivity contribution in [3.8, 4) is 0 Å². The summed E-state index contributed by atoms with van der Waals surface area (Å²) < 4.78 is 5.82. The molecule has 3 heteroatoms. The van der Waals surface area contributed by atoms with Gasteiger partial charge in [-0.2, -0.15) is 0 Å².